The normalized spacial score (nSPS) is 22.7. The van der Waals surface area contributed by atoms with Crippen molar-refractivity contribution in [2.45, 2.75) is 53.4 Å². The van der Waals surface area contributed by atoms with Crippen molar-refractivity contribution in [1.82, 2.24) is 0 Å². The van der Waals surface area contributed by atoms with Crippen LogP contribution in [0.15, 0.2) is 0 Å². The molecule has 0 aromatic carbocycles. The molecule has 1 rings (SSSR count). The van der Waals surface area contributed by atoms with E-state index in [1.54, 1.807) is 0 Å². The zero-order valence-electron chi connectivity index (χ0n) is 10.7. The van der Waals surface area contributed by atoms with Crippen LogP contribution in [-0.4, -0.2) is 23.3 Å². The molecule has 0 aliphatic heterocycles. The Hall–Kier alpha value is -0.570. The molecule has 0 saturated heterocycles. The van der Waals surface area contributed by atoms with Crippen molar-refractivity contribution in [2.75, 3.05) is 7.11 Å². The average molecular weight is 218 g/mol. The van der Waals surface area contributed by atoms with Crippen molar-refractivity contribution in [3.63, 3.8) is 0 Å². The molecule has 92 valence electrons. The molecule has 1 unspecified atom stereocenters. The van der Waals surface area contributed by atoms with E-state index >= 15 is 0 Å². The fourth-order valence-corrected chi connectivity index (χ4v) is 1.67. The first-order valence-corrected chi connectivity index (χ1v) is 5.50. The fraction of sp³-hybridized carbons (Fsp3) is 0.917. The van der Waals surface area contributed by atoms with Gasteiger partial charge in [-0.2, -0.15) is 0 Å². The van der Waals surface area contributed by atoms with Crippen molar-refractivity contribution < 1.29 is 15.0 Å². The molecule has 0 heterocycles. The Balaban J connectivity index is 0. The third-order valence-corrected chi connectivity index (χ3v) is 3.04. The molecule has 1 aliphatic carbocycles. The van der Waals surface area contributed by atoms with Crippen LogP contribution >= 0.6 is 0 Å². The van der Waals surface area contributed by atoms with E-state index in [9.17, 15) is 0 Å². The first-order chi connectivity index (χ1) is 6.86. The number of carboxylic acids is 1. The van der Waals surface area contributed by atoms with Gasteiger partial charge in [0.1, 0.15) is 0 Å². The second-order valence-corrected chi connectivity index (χ2v) is 4.65. The molecular weight excluding hydrogens is 192 g/mol. The van der Waals surface area contributed by atoms with Crippen LogP contribution < -0.4 is 0 Å². The van der Waals surface area contributed by atoms with Gasteiger partial charge < -0.3 is 10.2 Å². The van der Waals surface area contributed by atoms with Gasteiger partial charge in [-0.05, 0) is 17.8 Å². The highest BCUT2D eigenvalue weighted by Gasteiger charge is 2.27. The zero-order chi connectivity index (χ0) is 12.5. The van der Waals surface area contributed by atoms with Crippen LogP contribution in [-0.2, 0) is 4.79 Å². The van der Waals surface area contributed by atoms with E-state index in [-0.39, 0.29) is 0 Å². The van der Waals surface area contributed by atoms with Crippen molar-refractivity contribution in [3.8, 4) is 0 Å². The Morgan fingerprint density at radius 2 is 1.67 bits per heavy atom. The van der Waals surface area contributed by atoms with Gasteiger partial charge in [-0.1, -0.05) is 40.0 Å². The maximum absolute atomic E-state index is 9.00. The molecule has 2 N–H and O–H groups in total. The first-order valence-electron chi connectivity index (χ1n) is 5.50. The molecule has 0 aromatic rings. The SMILES string of the molecule is CC(=O)O.CC1CCCCC1(C)C.CO. The van der Waals surface area contributed by atoms with E-state index in [4.69, 9.17) is 15.0 Å². The minimum absolute atomic E-state index is 0.637. The predicted octanol–water partition coefficient (Wildman–Crippen LogP) is 2.92. The Morgan fingerprint density at radius 1 is 1.27 bits per heavy atom. The van der Waals surface area contributed by atoms with E-state index in [1.165, 1.54) is 25.7 Å². The van der Waals surface area contributed by atoms with E-state index in [1.807, 2.05) is 0 Å². The lowest BCUT2D eigenvalue weighted by atomic mass is 9.70. The van der Waals surface area contributed by atoms with Gasteiger partial charge in [0, 0.05) is 14.0 Å². The first kappa shape index (κ1) is 16.8. The summed E-state index contributed by atoms with van der Waals surface area (Å²) >= 11 is 0. The summed E-state index contributed by atoms with van der Waals surface area (Å²) in [7, 11) is 1.00. The van der Waals surface area contributed by atoms with Crippen molar-refractivity contribution in [2.24, 2.45) is 11.3 Å². The third-order valence-electron chi connectivity index (χ3n) is 3.04. The van der Waals surface area contributed by atoms with Crippen molar-refractivity contribution >= 4 is 5.97 Å². The number of hydrogen-bond donors (Lipinski definition) is 2. The second kappa shape index (κ2) is 8.72. The van der Waals surface area contributed by atoms with Crippen LogP contribution in [0.3, 0.4) is 0 Å². The van der Waals surface area contributed by atoms with Crippen LogP contribution in [0.4, 0.5) is 0 Å². The molecule has 1 fully saturated rings. The van der Waals surface area contributed by atoms with Gasteiger partial charge in [0.25, 0.3) is 5.97 Å². The minimum atomic E-state index is -0.833. The summed E-state index contributed by atoms with van der Waals surface area (Å²) < 4.78 is 0. The number of rotatable bonds is 0. The molecule has 1 saturated carbocycles. The largest absolute Gasteiger partial charge is 0.481 e. The van der Waals surface area contributed by atoms with Crippen LogP contribution in [0.25, 0.3) is 0 Å². The van der Waals surface area contributed by atoms with Crippen LogP contribution in [0.5, 0.6) is 0 Å². The molecule has 15 heavy (non-hydrogen) atoms. The molecule has 0 spiro atoms. The van der Waals surface area contributed by atoms with Gasteiger partial charge in [0.05, 0.1) is 0 Å². The second-order valence-electron chi connectivity index (χ2n) is 4.65. The number of aliphatic carboxylic acids is 1. The number of aliphatic hydroxyl groups is 1. The van der Waals surface area contributed by atoms with Crippen LogP contribution in [0.2, 0.25) is 0 Å². The van der Waals surface area contributed by atoms with Crippen LogP contribution in [0, 0.1) is 11.3 Å². The highest BCUT2D eigenvalue weighted by Crippen LogP contribution is 2.39. The summed E-state index contributed by atoms with van der Waals surface area (Å²) in [6.45, 7) is 8.27. The van der Waals surface area contributed by atoms with E-state index in [0.717, 1.165) is 20.0 Å². The summed E-state index contributed by atoms with van der Waals surface area (Å²) in [5.41, 5.74) is 0.637. The molecular formula is C12H26O3. The molecule has 1 atom stereocenters. The van der Waals surface area contributed by atoms with Gasteiger partial charge in [-0.25, -0.2) is 0 Å². The lowest BCUT2D eigenvalue weighted by molar-refractivity contribution is -0.134. The highest BCUT2D eigenvalue weighted by atomic mass is 16.4. The third kappa shape index (κ3) is 9.73. The zero-order valence-corrected chi connectivity index (χ0v) is 10.7. The van der Waals surface area contributed by atoms with E-state index in [2.05, 4.69) is 20.8 Å². The van der Waals surface area contributed by atoms with E-state index < -0.39 is 5.97 Å². The van der Waals surface area contributed by atoms with Crippen LogP contribution in [0.1, 0.15) is 53.4 Å². The molecule has 0 bridgehead atoms. The van der Waals surface area contributed by atoms with Crippen molar-refractivity contribution in [3.05, 3.63) is 0 Å². The molecule has 3 nitrogen and oxygen atoms in total. The fourth-order valence-electron chi connectivity index (χ4n) is 1.67. The van der Waals surface area contributed by atoms with Gasteiger partial charge in [0.2, 0.25) is 0 Å². The van der Waals surface area contributed by atoms with Gasteiger partial charge in [0.15, 0.2) is 0 Å². The summed E-state index contributed by atoms with van der Waals surface area (Å²) in [6, 6.07) is 0. The Morgan fingerprint density at radius 3 is 1.87 bits per heavy atom. The van der Waals surface area contributed by atoms with E-state index in [0.29, 0.717) is 5.41 Å². The average Bonchev–Trinajstić information content (AvgIpc) is 2.13. The summed E-state index contributed by atoms with van der Waals surface area (Å²) in [6.07, 6.45) is 5.81. The molecule has 1 aliphatic rings. The summed E-state index contributed by atoms with van der Waals surface area (Å²) in [4.78, 5) is 9.00. The topological polar surface area (TPSA) is 57.5 Å². The predicted molar refractivity (Wildman–Crippen MR) is 62.9 cm³/mol. The van der Waals surface area contributed by atoms with Crippen molar-refractivity contribution in [1.29, 1.82) is 0 Å². The highest BCUT2D eigenvalue weighted by molar-refractivity contribution is 5.62. The molecule has 0 aromatic heterocycles. The van der Waals surface area contributed by atoms with Gasteiger partial charge in [-0.15, -0.1) is 0 Å². The molecule has 0 amide bonds. The lowest BCUT2D eigenvalue weighted by Gasteiger charge is -2.36. The Kier molecular flexibility index (Phi) is 9.79. The monoisotopic (exact) mass is 218 g/mol. The number of carboxylic acid groups (broad SMARTS) is 1. The number of aliphatic hydroxyl groups excluding tert-OH is 1. The maximum Gasteiger partial charge on any atom is 0.300 e. The smallest absolute Gasteiger partial charge is 0.300 e. The molecule has 0 radical (unpaired) electrons. The Bertz CT molecular complexity index is 160. The quantitative estimate of drug-likeness (QED) is 0.657. The van der Waals surface area contributed by atoms with Gasteiger partial charge >= 0.3 is 0 Å². The minimum Gasteiger partial charge on any atom is -0.481 e. The number of carbonyl (C=O) groups is 1. The maximum atomic E-state index is 9.00. The summed E-state index contributed by atoms with van der Waals surface area (Å²) in [5, 5.41) is 14.4. The summed E-state index contributed by atoms with van der Waals surface area (Å²) in [5.74, 6) is 0.117. The molecule has 3 heteroatoms. The lowest BCUT2D eigenvalue weighted by Crippen LogP contribution is -2.24. The number of hydrogen-bond acceptors (Lipinski definition) is 2. The Labute approximate surface area is 93.5 Å². The standard InChI is InChI=1S/C9H18.C2H4O2.CH4O/c1-8-6-4-5-7-9(8,2)3;1-2(3)4;1-2/h8H,4-7H2,1-3H3;1H3,(H,3,4);2H,1H3. The van der Waals surface area contributed by atoms with Gasteiger partial charge in [-0.3, -0.25) is 4.79 Å².